The second kappa shape index (κ2) is 18.9. The summed E-state index contributed by atoms with van der Waals surface area (Å²) < 4.78 is 16.1. The Morgan fingerprint density at radius 2 is 1.87 bits per heavy atom. The molecule has 46 heavy (non-hydrogen) atoms. The van der Waals surface area contributed by atoms with Gasteiger partial charge in [-0.2, -0.15) is 0 Å². The van der Waals surface area contributed by atoms with Crippen molar-refractivity contribution in [2.24, 2.45) is 11.3 Å². The first-order valence-electron chi connectivity index (χ1n) is 15.4. The molecule has 1 aliphatic rings. The normalized spacial score (nSPS) is 17.9. The summed E-state index contributed by atoms with van der Waals surface area (Å²) in [7, 11) is 3.28. The van der Waals surface area contributed by atoms with Crippen LogP contribution in [0.1, 0.15) is 68.9 Å². The molecule has 3 unspecified atom stereocenters. The monoisotopic (exact) mass is 659 g/mol. The van der Waals surface area contributed by atoms with Gasteiger partial charge in [-0.1, -0.05) is 69.3 Å². The average Bonchev–Trinajstić information content (AvgIpc) is 3.01. The van der Waals surface area contributed by atoms with Crippen molar-refractivity contribution in [1.29, 1.82) is 0 Å². The first-order valence-corrected chi connectivity index (χ1v) is 15.7. The number of nitrogens with zero attached hydrogens (tertiary/aromatic N) is 1. The maximum absolute atomic E-state index is 13.7. The van der Waals surface area contributed by atoms with Gasteiger partial charge in [-0.3, -0.25) is 9.59 Å². The second-order valence-corrected chi connectivity index (χ2v) is 12.9. The van der Waals surface area contributed by atoms with E-state index in [4.69, 9.17) is 30.9 Å². The van der Waals surface area contributed by atoms with E-state index in [1.807, 2.05) is 32.9 Å². The zero-order valence-corrected chi connectivity index (χ0v) is 28.5. The smallest absolute Gasteiger partial charge is 0.303 e. The van der Waals surface area contributed by atoms with Crippen LogP contribution in [-0.2, 0) is 30.2 Å². The molecule has 1 amide bonds. The number of benzene rings is 2. The van der Waals surface area contributed by atoms with Gasteiger partial charge >= 0.3 is 5.97 Å². The molecule has 0 spiro atoms. The molecule has 9 nitrogen and oxygen atoms in total. The number of methoxy groups -OCH3 is 2. The van der Waals surface area contributed by atoms with Crippen LogP contribution in [0.15, 0.2) is 67.3 Å². The number of aliphatic carboxylic acids is 1. The molecule has 3 N–H and O–H groups in total. The third kappa shape index (κ3) is 12.3. The predicted octanol–water partition coefficient (Wildman–Crippen LogP) is 6.32. The molecule has 254 valence electrons. The van der Waals surface area contributed by atoms with E-state index in [1.165, 1.54) is 0 Å². The Kier molecular flexibility index (Phi) is 16.1. The highest BCUT2D eigenvalue weighted by molar-refractivity contribution is 6.30. The molecule has 0 saturated heterocycles. The molecule has 0 bridgehead atoms. The predicted molar refractivity (Wildman–Crippen MR) is 181 cm³/mol. The zero-order valence-electron chi connectivity index (χ0n) is 27.7. The highest BCUT2D eigenvalue weighted by Gasteiger charge is 2.36. The van der Waals surface area contributed by atoms with Gasteiger partial charge in [0.1, 0.15) is 0 Å². The lowest BCUT2D eigenvalue weighted by molar-refractivity contribution is -0.137. The number of rotatable bonds is 15. The average molecular weight is 660 g/mol. The Hall–Kier alpha value is -3.05. The SMILES string of the molecule is C=C(COC)COC.C=CC(C)C1O[C@H](CC(O)c2cccc(CCC(=O)O)c2)CC(=O)N(CC(C)(C)CO)c2ccc(Cl)cc21. The number of hydrogen-bond donors (Lipinski definition) is 3. The van der Waals surface area contributed by atoms with E-state index in [2.05, 4.69) is 13.2 Å². The number of aliphatic hydroxyl groups is 2. The quantitative estimate of drug-likeness (QED) is 0.190. The Balaban J connectivity index is 0.000000812. The molecule has 1 heterocycles. The highest BCUT2D eigenvalue weighted by Crippen LogP contribution is 2.41. The number of fused-ring (bicyclic) bond motifs is 1. The van der Waals surface area contributed by atoms with Crippen molar-refractivity contribution in [3.05, 3.63) is 89.0 Å². The van der Waals surface area contributed by atoms with E-state index < -0.39 is 29.7 Å². The summed E-state index contributed by atoms with van der Waals surface area (Å²) in [6, 6.07) is 12.6. The molecular formula is C36H50ClNO8. The van der Waals surface area contributed by atoms with Gasteiger partial charge in [-0.25, -0.2) is 0 Å². The van der Waals surface area contributed by atoms with E-state index in [9.17, 15) is 19.8 Å². The number of aryl methyl sites for hydroxylation is 1. The van der Waals surface area contributed by atoms with E-state index in [0.29, 0.717) is 42.5 Å². The zero-order chi connectivity index (χ0) is 34.4. The topological polar surface area (TPSA) is 126 Å². The summed E-state index contributed by atoms with van der Waals surface area (Å²) in [6.45, 7) is 14.8. The summed E-state index contributed by atoms with van der Waals surface area (Å²) in [6.07, 6.45) is 0.371. The van der Waals surface area contributed by atoms with Crippen molar-refractivity contribution in [2.75, 3.05) is 45.5 Å². The minimum absolute atomic E-state index is 0.00288. The van der Waals surface area contributed by atoms with Crippen molar-refractivity contribution >= 4 is 29.2 Å². The Morgan fingerprint density at radius 3 is 2.46 bits per heavy atom. The molecule has 0 fully saturated rings. The van der Waals surface area contributed by atoms with E-state index in [1.54, 1.807) is 55.5 Å². The van der Waals surface area contributed by atoms with Crippen LogP contribution >= 0.6 is 11.6 Å². The van der Waals surface area contributed by atoms with Gasteiger partial charge in [0.15, 0.2) is 0 Å². The minimum atomic E-state index is -0.919. The third-order valence-corrected chi connectivity index (χ3v) is 7.87. The first-order chi connectivity index (χ1) is 21.7. The van der Waals surface area contributed by atoms with Crippen molar-refractivity contribution in [2.45, 2.75) is 64.8 Å². The van der Waals surface area contributed by atoms with Crippen LogP contribution < -0.4 is 4.90 Å². The molecule has 2 aromatic carbocycles. The number of hydrogen-bond acceptors (Lipinski definition) is 7. The van der Waals surface area contributed by atoms with Gasteiger partial charge in [0.2, 0.25) is 5.91 Å². The molecule has 1 aliphatic heterocycles. The summed E-state index contributed by atoms with van der Waals surface area (Å²) in [5, 5.41) is 30.6. The molecule has 10 heteroatoms. The fourth-order valence-corrected chi connectivity index (χ4v) is 5.31. The number of anilines is 1. The number of carbonyl (C=O) groups is 2. The fourth-order valence-electron chi connectivity index (χ4n) is 5.13. The number of amides is 1. The molecule has 3 rings (SSSR count). The highest BCUT2D eigenvalue weighted by atomic mass is 35.5. The van der Waals surface area contributed by atoms with Crippen LogP contribution in [0.5, 0.6) is 0 Å². The molecule has 0 radical (unpaired) electrons. The molecule has 0 saturated carbocycles. The van der Waals surface area contributed by atoms with Gasteiger partial charge in [0, 0.05) is 67.8 Å². The van der Waals surface area contributed by atoms with Crippen LogP contribution in [0.2, 0.25) is 5.02 Å². The molecule has 2 aromatic rings. The van der Waals surface area contributed by atoms with Gasteiger partial charge < -0.3 is 34.4 Å². The molecule has 0 aromatic heterocycles. The van der Waals surface area contributed by atoms with Crippen molar-refractivity contribution in [1.82, 2.24) is 0 Å². The maximum atomic E-state index is 13.7. The summed E-state index contributed by atoms with van der Waals surface area (Å²) in [5.74, 6) is -1.17. The largest absolute Gasteiger partial charge is 0.481 e. The number of carboxylic acids is 1. The van der Waals surface area contributed by atoms with Gasteiger partial charge in [0.05, 0.1) is 37.9 Å². The van der Waals surface area contributed by atoms with Crippen molar-refractivity contribution in [3.8, 4) is 0 Å². The van der Waals surface area contributed by atoms with Crippen molar-refractivity contribution in [3.63, 3.8) is 0 Å². The lowest BCUT2D eigenvalue weighted by atomic mass is 9.90. The van der Waals surface area contributed by atoms with Crippen molar-refractivity contribution < 1.29 is 39.1 Å². The molecular weight excluding hydrogens is 610 g/mol. The van der Waals surface area contributed by atoms with E-state index >= 15 is 0 Å². The van der Waals surface area contributed by atoms with Crippen LogP contribution in [0.3, 0.4) is 0 Å². The summed E-state index contributed by atoms with van der Waals surface area (Å²) >= 11 is 6.39. The number of aliphatic hydroxyl groups excluding tert-OH is 2. The van der Waals surface area contributed by atoms with Gasteiger partial charge in [-0.05, 0) is 41.3 Å². The Morgan fingerprint density at radius 1 is 1.20 bits per heavy atom. The fraction of sp³-hybridized carbons (Fsp3) is 0.500. The van der Waals surface area contributed by atoms with E-state index in [0.717, 1.165) is 16.7 Å². The lowest BCUT2D eigenvalue weighted by Crippen LogP contribution is -2.44. The van der Waals surface area contributed by atoms with Crippen LogP contribution in [0.4, 0.5) is 5.69 Å². The van der Waals surface area contributed by atoms with Crippen LogP contribution in [0, 0.1) is 11.3 Å². The number of halogens is 1. The first kappa shape index (κ1) is 39.1. The maximum Gasteiger partial charge on any atom is 0.303 e. The minimum Gasteiger partial charge on any atom is -0.481 e. The standard InChI is InChI=1S/C30H38ClNO6.C6H12O2/c1-5-19(2)29-24-14-22(31)10-11-25(24)32(17-30(3,4)18-33)27(35)16-23(38-29)15-26(34)21-8-6-7-20(13-21)9-12-28(36)37;1-6(4-7-2)5-8-3/h5-8,10-11,13-14,19,23,26,29,33-34H,1,9,12,15-18H2,2-4H3,(H,36,37);1,4-5H2,2-3H3/t19?,23-,26?,29?;/m1./s1. The summed E-state index contributed by atoms with van der Waals surface area (Å²) in [4.78, 5) is 26.3. The third-order valence-electron chi connectivity index (χ3n) is 7.64. The van der Waals surface area contributed by atoms with E-state index in [-0.39, 0.29) is 37.7 Å². The molecule has 0 aliphatic carbocycles. The molecule has 4 atom stereocenters. The summed E-state index contributed by atoms with van der Waals surface area (Å²) in [5.41, 5.74) is 3.32. The van der Waals surface area contributed by atoms with Crippen LogP contribution in [0.25, 0.3) is 0 Å². The number of ether oxygens (including phenoxy) is 3. The van der Waals surface area contributed by atoms with Crippen LogP contribution in [-0.4, -0.2) is 73.9 Å². The number of carboxylic acid groups (broad SMARTS) is 1. The Bertz CT molecular complexity index is 1300. The van der Waals surface area contributed by atoms with Gasteiger partial charge in [-0.15, -0.1) is 6.58 Å². The number of carbonyl (C=O) groups excluding carboxylic acids is 1. The van der Waals surface area contributed by atoms with Gasteiger partial charge in [0.25, 0.3) is 0 Å². The Labute approximate surface area is 278 Å². The lowest BCUT2D eigenvalue weighted by Gasteiger charge is -2.39. The second-order valence-electron chi connectivity index (χ2n) is 12.5.